The van der Waals surface area contributed by atoms with Crippen molar-refractivity contribution in [3.63, 3.8) is 0 Å². The molecule has 1 fully saturated rings. The Labute approximate surface area is 102 Å². The first-order valence-corrected chi connectivity index (χ1v) is 6.09. The number of hydrogen-bond donors (Lipinski definition) is 0. The first-order valence-electron chi connectivity index (χ1n) is 6.09. The fraction of sp³-hybridized carbons (Fsp3) is 0.500. The second kappa shape index (κ2) is 4.75. The van der Waals surface area contributed by atoms with Crippen molar-refractivity contribution in [1.29, 1.82) is 5.26 Å². The quantitative estimate of drug-likeness (QED) is 0.742. The lowest BCUT2D eigenvalue weighted by Crippen LogP contribution is -2.42. The third kappa shape index (κ3) is 2.41. The molecule has 0 aliphatic carbocycles. The van der Waals surface area contributed by atoms with Crippen molar-refractivity contribution >= 4 is 5.69 Å². The molecule has 0 radical (unpaired) electrons. The number of hydrogen-bond acceptors (Lipinski definition) is 2. The zero-order valence-electron chi connectivity index (χ0n) is 10.3. The van der Waals surface area contributed by atoms with Gasteiger partial charge in [-0.15, -0.1) is 0 Å². The Morgan fingerprint density at radius 1 is 1.35 bits per heavy atom. The molecule has 0 N–H and O–H groups in total. The molecule has 3 heteroatoms. The van der Waals surface area contributed by atoms with Gasteiger partial charge < -0.3 is 4.90 Å². The van der Waals surface area contributed by atoms with Crippen molar-refractivity contribution in [1.82, 2.24) is 0 Å². The summed E-state index contributed by atoms with van der Waals surface area (Å²) in [4.78, 5) is 2.21. The number of nitriles is 1. The van der Waals surface area contributed by atoms with E-state index in [1.54, 1.807) is 6.07 Å². The number of benzene rings is 1. The SMILES string of the molecule is CC1CCCN(c2cc(F)cc(C#N)c2)C1C. The van der Waals surface area contributed by atoms with Crippen molar-refractivity contribution in [3.8, 4) is 6.07 Å². The van der Waals surface area contributed by atoms with Gasteiger partial charge in [0.1, 0.15) is 5.82 Å². The molecule has 2 atom stereocenters. The van der Waals surface area contributed by atoms with Crippen LogP contribution in [0.4, 0.5) is 10.1 Å². The van der Waals surface area contributed by atoms with Crippen LogP contribution < -0.4 is 4.90 Å². The molecule has 1 aromatic carbocycles. The van der Waals surface area contributed by atoms with Gasteiger partial charge in [-0.25, -0.2) is 4.39 Å². The molecule has 2 nitrogen and oxygen atoms in total. The van der Waals surface area contributed by atoms with Crippen LogP contribution in [0.25, 0.3) is 0 Å². The first kappa shape index (κ1) is 11.9. The second-order valence-corrected chi connectivity index (χ2v) is 4.86. The van der Waals surface area contributed by atoms with Gasteiger partial charge in [-0.2, -0.15) is 5.26 Å². The Bertz CT molecular complexity index is 450. The molecule has 1 aliphatic rings. The molecule has 0 bridgehead atoms. The summed E-state index contributed by atoms with van der Waals surface area (Å²) in [6.45, 7) is 5.34. The molecule has 2 rings (SSSR count). The minimum absolute atomic E-state index is 0.329. The maximum absolute atomic E-state index is 13.4. The van der Waals surface area contributed by atoms with E-state index in [4.69, 9.17) is 5.26 Å². The fourth-order valence-corrected chi connectivity index (χ4v) is 2.50. The largest absolute Gasteiger partial charge is 0.368 e. The van der Waals surface area contributed by atoms with Crippen LogP contribution in [0.15, 0.2) is 18.2 Å². The summed E-state index contributed by atoms with van der Waals surface area (Å²) in [5.74, 6) is 0.280. The average Bonchev–Trinajstić information content (AvgIpc) is 2.31. The van der Waals surface area contributed by atoms with E-state index in [0.29, 0.717) is 17.5 Å². The molecule has 0 amide bonds. The highest BCUT2D eigenvalue weighted by molar-refractivity contribution is 5.53. The van der Waals surface area contributed by atoms with Crippen LogP contribution in [-0.4, -0.2) is 12.6 Å². The van der Waals surface area contributed by atoms with Gasteiger partial charge in [0, 0.05) is 18.3 Å². The highest BCUT2D eigenvalue weighted by atomic mass is 19.1. The summed E-state index contributed by atoms with van der Waals surface area (Å²) >= 11 is 0. The Hall–Kier alpha value is -1.56. The molecule has 1 aromatic rings. The van der Waals surface area contributed by atoms with E-state index in [-0.39, 0.29) is 5.82 Å². The highest BCUT2D eigenvalue weighted by Gasteiger charge is 2.25. The molecule has 1 aliphatic heterocycles. The van der Waals surface area contributed by atoms with Gasteiger partial charge in [0.25, 0.3) is 0 Å². The number of rotatable bonds is 1. The van der Waals surface area contributed by atoms with Crippen LogP contribution in [-0.2, 0) is 0 Å². The Morgan fingerprint density at radius 3 is 2.82 bits per heavy atom. The Kier molecular flexibility index (Phi) is 3.33. The molecular weight excluding hydrogens is 215 g/mol. The summed E-state index contributed by atoms with van der Waals surface area (Å²) in [5.41, 5.74) is 1.23. The van der Waals surface area contributed by atoms with Crippen LogP contribution >= 0.6 is 0 Å². The highest BCUT2D eigenvalue weighted by Crippen LogP contribution is 2.29. The standard InChI is InChI=1S/C14H17FN2/c1-10-4-3-5-17(11(10)2)14-7-12(9-16)6-13(15)8-14/h6-8,10-11H,3-5H2,1-2H3. The third-order valence-corrected chi connectivity index (χ3v) is 3.72. The number of nitrogens with zero attached hydrogens (tertiary/aromatic N) is 2. The maximum atomic E-state index is 13.4. The van der Waals surface area contributed by atoms with Crippen molar-refractivity contribution in [2.45, 2.75) is 32.7 Å². The summed E-state index contributed by atoms with van der Waals surface area (Å²) in [6.07, 6.45) is 2.35. The summed E-state index contributed by atoms with van der Waals surface area (Å²) < 4.78 is 13.4. The maximum Gasteiger partial charge on any atom is 0.126 e. The van der Waals surface area contributed by atoms with Gasteiger partial charge in [-0.05, 0) is 43.9 Å². The average molecular weight is 232 g/mol. The van der Waals surface area contributed by atoms with Gasteiger partial charge >= 0.3 is 0 Å². The third-order valence-electron chi connectivity index (χ3n) is 3.72. The minimum atomic E-state index is -0.329. The van der Waals surface area contributed by atoms with E-state index in [1.165, 1.54) is 18.6 Å². The van der Waals surface area contributed by atoms with Gasteiger partial charge in [-0.1, -0.05) is 6.92 Å². The van der Waals surface area contributed by atoms with Crippen LogP contribution in [0.5, 0.6) is 0 Å². The molecular formula is C14H17FN2. The van der Waals surface area contributed by atoms with Crippen molar-refractivity contribution < 1.29 is 4.39 Å². The van der Waals surface area contributed by atoms with Gasteiger partial charge in [0.05, 0.1) is 11.6 Å². The molecule has 2 unspecified atom stereocenters. The molecule has 0 spiro atoms. The molecule has 0 aromatic heterocycles. The second-order valence-electron chi connectivity index (χ2n) is 4.86. The first-order chi connectivity index (χ1) is 8.11. The monoisotopic (exact) mass is 232 g/mol. The molecule has 1 heterocycles. The molecule has 1 saturated heterocycles. The summed E-state index contributed by atoms with van der Waals surface area (Å²) in [6, 6.07) is 6.98. The number of halogens is 1. The summed E-state index contributed by atoms with van der Waals surface area (Å²) in [7, 11) is 0. The predicted molar refractivity (Wildman–Crippen MR) is 66.3 cm³/mol. The van der Waals surface area contributed by atoms with Crippen LogP contribution in [0.2, 0.25) is 0 Å². The van der Waals surface area contributed by atoms with E-state index in [1.807, 2.05) is 6.07 Å². The normalized spacial score (nSPS) is 24.5. The van der Waals surface area contributed by atoms with E-state index in [2.05, 4.69) is 18.7 Å². The van der Waals surface area contributed by atoms with Crippen molar-refractivity contribution in [2.75, 3.05) is 11.4 Å². The Morgan fingerprint density at radius 2 is 2.12 bits per heavy atom. The molecule has 17 heavy (non-hydrogen) atoms. The van der Waals surface area contributed by atoms with Gasteiger partial charge in [0.2, 0.25) is 0 Å². The topological polar surface area (TPSA) is 27.0 Å². The van der Waals surface area contributed by atoms with Crippen LogP contribution in [0.1, 0.15) is 32.3 Å². The minimum Gasteiger partial charge on any atom is -0.368 e. The molecule has 90 valence electrons. The fourth-order valence-electron chi connectivity index (χ4n) is 2.50. The lowest BCUT2D eigenvalue weighted by atomic mass is 9.91. The Balaban J connectivity index is 2.33. The molecule has 0 saturated carbocycles. The smallest absolute Gasteiger partial charge is 0.126 e. The zero-order valence-corrected chi connectivity index (χ0v) is 10.3. The van der Waals surface area contributed by atoms with Gasteiger partial charge in [-0.3, -0.25) is 0 Å². The van der Waals surface area contributed by atoms with Crippen molar-refractivity contribution in [2.24, 2.45) is 5.92 Å². The summed E-state index contributed by atoms with van der Waals surface area (Å²) in [5, 5.41) is 8.87. The van der Waals surface area contributed by atoms with Crippen LogP contribution in [0, 0.1) is 23.1 Å². The van der Waals surface area contributed by atoms with Gasteiger partial charge in [0.15, 0.2) is 0 Å². The lowest BCUT2D eigenvalue weighted by Gasteiger charge is -2.39. The number of piperidine rings is 1. The van der Waals surface area contributed by atoms with E-state index in [0.717, 1.165) is 18.7 Å². The van der Waals surface area contributed by atoms with Crippen molar-refractivity contribution in [3.05, 3.63) is 29.6 Å². The van der Waals surface area contributed by atoms with E-state index >= 15 is 0 Å². The van der Waals surface area contributed by atoms with Crippen LogP contribution in [0.3, 0.4) is 0 Å². The van der Waals surface area contributed by atoms with E-state index < -0.39 is 0 Å². The lowest BCUT2D eigenvalue weighted by molar-refractivity contribution is 0.363. The predicted octanol–water partition coefficient (Wildman–Crippen LogP) is 3.32. The van der Waals surface area contributed by atoms with E-state index in [9.17, 15) is 4.39 Å². The zero-order chi connectivity index (χ0) is 12.4. The number of anilines is 1.